The SMILES string of the molecule is CCC(C)Sc1c(C=Nc2ccccc2)cccc1C(=O)N(C)C.CO. The number of aliphatic hydroxyl groups excluding tert-OH is 1. The number of para-hydroxylation sites is 1. The van der Waals surface area contributed by atoms with E-state index in [1.807, 2.05) is 54.7 Å². The van der Waals surface area contributed by atoms with Crippen LogP contribution in [0.5, 0.6) is 0 Å². The molecule has 2 aromatic rings. The summed E-state index contributed by atoms with van der Waals surface area (Å²) in [6.07, 6.45) is 2.90. The van der Waals surface area contributed by atoms with E-state index >= 15 is 0 Å². The number of amides is 1. The molecule has 1 N–H and O–H groups in total. The van der Waals surface area contributed by atoms with E-state index in [1.165, 1.54) is 0 Å². The largest absolute Gasteiger partial charge is 0.400 e. The zero-order valence-corrected chi connectivity index (χ0v) is 17.0. The van der Waals surface area contributed by atoms with Gasteiger partial charge in [0.25, 0.3) is 5.91 Å². The third-order valence-electron chi connectivity index (χ3n) is 3.68. The first-order valence-electron chi connectivity index (χ1n) is 8.58. The Morgan fingerprint density at radius 1 is 1.15 bits per heavy atom. The summed E-state index contributed by atoms with van der Waals surface area (Å²) < 4.78 is 0. The van der Waals surface area contributed by atoms with Gasteiger partial charge in [-0.15, -0.1) is 11.8 Å². The average Bonchev–Trinajstić information content (AvgIpc) is 2.68. The Bertz CT molecular complexity index is 715. The highest BCUT2D eigenvalue weighted by Gasteiger charge is 2.18. The van der Waals surface area contributed by atoms with E-state index in [2.05, 4.69) is 18.8 Å². The number of nitrogens with zero attached hydrogens (tertiary/aromatic N) is 2. The Balaban J connectivity index is 0.00000163. The van der Waals surface area contributed by atoms with Gasteiger partial charge in [-0.2, -0.15) is 0 Å². The van der Waals surface area contributed by atoms with Gasteiger partial charge in [0.05, 0.1) is 11.3 Å². The minimum atomic E-state index is 0.0239. The second-order valence-corrected chi connectivity index (χ2v) is 7.30. The summed E-state index contributed by atoms with van der Waals surface area (Å²) in [4.78, 5) is 19.7. The standard InChI is InChI=1S/C20H24N2OS.CH4O/c1-5-15(2)24-19-16(14-21-17-11-7-6-8-12-17)10-9-13-18(19)20(23)22(3)4;1-2/h6-15H,5H2,1-4H3;2H,1H3. The van der Waals surface area contributed by atoms with Crippen LogP contribution in [0.15, 0.2) is 58.4 Å². The van der Waals surface area contributed by atoms with Gasteiger partial charge in [-0.25, -0.2) is 0 Å². The lowest BCUT2D eigenvalue weighted by Gasteiger charge is -2.17. The van der Waals surface area contributed by atoms with Crippen molar-refractivity contribution in [3.8, 4) is 0 Å². The Hall–Kier alpha value is -2.11. The van der Waals surface area contributed by atoms with Crippen molar-refractivity contribution >= 4 is 29.6 Å². The molecule has 0 bridgehead atoms. The van der Waals surface area contributed by atoms with Crippen LogP contribution in [0.25, 0.3) is 0 Å². The molecule has 0 saturated carbocycles. The van der Waals surface area contributed by atoms with Crippen molar-refractivity contribution in [2.75, 3.05) is 21.2 Å². The van der Waals surface area contributed by atoms with Gasteiger partial charge in [-0.05, 0) is 24.6 Å². The molecule has 4 nitrogen and oxygen atoms in total. The zero-order valence-electron chi connectivity index (χ0n) is 16.1. The third kappa shape index (κ3) is 6.32. The highest BCUT2D eigenvalue weighted by Crippen LogP contribution is 2.32. The monoisotopic (exact) mass is 372 g/mol. The number of benzene rings is 2. The maximum atomic E-state index is 12.5. The minimum absolute atomic E-state index is 0.0239. The quantitative estimate of drug-likeness (QED) is 0.594. The van der Waals surface area contributed by atoms with Crippen LogP contribution in [-0.2, 0) is 0 Å². The van der Waals surface area contributed by atoms with Crippen LogP contribution < -0.4 is 0 Å². The molecule has 1 amide bonds. The first kappa shape index (κ1) is 21.9. The summed E-state index contributed by atoms with van der Waals surface area (Å²) in [6.45, 7) is 4.34. The van der Waals surface area contributed by atoms with Gasteiger partial charge in [-0.3, -0.25) is 9.79 Å². The number of hydrogen-bond acceptors (Lipinski definition) is 4. The second-order valence-electron chi connectivity index (χ2n) is 5.85. The van der Waals surface area contributed by atoms with E-state index in [1.54, 1.807) is 30.8 Å². The van der Waals surface area contributed by atoms with Crippen LogP contribution in [0.4, 0.5) is 5.69 Å². The van der Waals surface area contributed by atoms with E-state index < -0.39 is 0 Å². The van der Waals surface area contributed by atoms with Crippen molar-refractivity contribution in [1.82, 2.24) is 4.90 Å². The summed E-state index contributed by atoms with van der Waals surface area (Å²) in [5.41, 5.74) is 2.63. The topological polar surface area (TPSA) is 52.9 Å². The highest BCUT2D eigenvalue weighted by atomic mass is 32.2. The Kier molecular flexibility index (Phi) is 9.70. The maximum Gasteiger partial charge on any atom is 0.254 e. The molecule has 0 aliphatic carbocycles. The van der Waals surface area contributed by atoms with Crippen LogP contribution in [0, 0.1) is 0 Å². The number of hydrogen-bond donors (Lipinski definition) is 1. The van der Waals surface area contributed by atoms with Gasteiger partial charge < -0.3 is 10.0 Å². The first-order valence-corrected chi connectivity index (χ1v) is 9.46. The van der Waals surface area contributed by atoms with Crippen molar-refractivity contribution in [2.45, 2.75) is 30.4 Å². The molecule has 26 heavy (non-hydrogen) atoms. The van der Waals surface area contributed by atoms with Crippen LogP contribution in [0.1, 0.15) is 36.2 Å². The van der Waals surface area contributed by atoms with E-state index in [0.29, 0.717) is 5.25 Å². The molecule has 5 heteroatoms. The molecule has 2 rings (SSSR count). The molecule has 2 aromatic carbocycles. The summed E-state index contributed by atoms with van der Waals surface area (Å²) in [5, 5.41) is 7.44. The van der Waals surface area contributed by atoms with Crippen LogP contribution in [0.2, 0.25) is 0 Å². The molecule has 1 unspecified atom stereocenters. The molecule has 0 aliphatic heterocycles. The second kappa shape index (κ2) is 11.5. The van der Waals surface area contributed by atoms with Crippen molar-refractivity contribution in [3.05, 3.63) is 59.7 Å². The minimum Gasteiger partial charge on any atom is -0.400 e. The molecule has 0 saturated heterocycles. The zero-order chi connectivity index (χ0) is 19.5. The van der Waals surface area contributed by atoms with Gasteiger partial charge in [0.15, 0.2) is 0 Å². The predicted octanol–water partition coefficient (Wildman–Crippen LogP) is 4.64. The fourth-order valence-corrected chi connectivity index (χ4v) is 3.25. The van der Waals surface area contributed by atoms with Crippen LogP contribution in [0.3, 0.4) is 0 Å². The maximum absolute atomic E-state index is 12.5. The fraction of sp³-hybridized carbons (Fsp3) is 0.333. The smallest absolute Gasteiger partial charge is 0.254 e. The highest BCUT2D eigenvalue weighted by molar-refractivity contribution is 8.00. The molecule has 0 radical (unpaired) electrons. The molecule has 0 aliphatic rings. The van der Waals surface area contributed by atoms with Crippen LogP contribution >= 0.6 is 11.8 Å². The van der Waals surface area contributed by atoms with Gasteiger partial charge >= 0.3 is 0 Å². The van der Waals surface area contributed by atoms with Gasteiger partial charge in [0, 0.05) is 43.1 Å². The molecule has 140 valence electrons. The molecular formula is C21H28N2O2S. The molecule has 0 fully saturated rings. The fourth-order valence-electron chi connectivity index (χ4n) is 2.14. The van der Waals surface area contributed by atoms with E-state index in [0.717, 1.165) is 35.2 Å². The molecular weight excluding hydrogens is 344 g/mol. The summed E-state index contributed by atoms with van der Waals surface area (Å²) >= 11 is 1.74. The van der Waals surface area contributed by atoms with E-state index in [9.17, 15) is 4.79 Å². The van der Waals surface area contributed by atoms with E-state index in [-0.39, 0.29) is 5.91 Å². The van der Waals surface area contributed by atoms with Crippen molar-refractivity contribution in [1.29, 1.82) is 0 Å². The Morgan fingerprint density at radius 2 is 1.81 bits per heavy atom. The summed E-state index contributed by atoms with van der Waals surface area (Å²) in [6, 6.07) is 15.7. The van der Waals surface area contributed by atoms with Crippen molar-refractivity contribution < 1.29 is 9.90 Å². The molecule has 0 spiro atoms. The molecule has 1 atom stereocenters. The van der Waals surface area contributed by atoms with Crippen molar-refractivity contribution in [2.24, 2.45) is 4.99 Å². The van der Waals surface area contributed by atoms with Gasteiger partial charge in [0.2, 0.25) is 0 Å². The van der Waals surface area contributed by atoms with Gasteiger partial charge in [0.1, 0.15) is 0 Å². The number of thioether (sulfide) groups is 1. The third-order valence-corrected chi connectivity index (χ3v) is 5.11. The molecule has 0 aromatic heterocycles. The number of aliphatic hydroxyl groups is 1. The Labute approximate surface area is 161 Å². The van der Waals surface area contributed by atoms with E-state index in [4.69, 9.17) is 5.11 Å². The normalized spacial score (nSPS) is 11.6. The first-order chi connectivity index (χ1) is 12.5. The Morgan fingerprint density at radius 3 is 2.38 bits per heavy atom. The van der Waals surface area contributed by atoms with Crippen LogP contribution in [-0.4, -0.2) is 48.6 Å². The van der Waals surface area contributed by atoms with Gasteiger partial charge in [-0.1, -0.05) is 44.2 Å². The number of aliphatic imine (C=N–C) groups is 1. The number of carbonyl (C=O) groups excluding carboxylic acids is 1. The average molecular weight is 373 g/mol. The lowest BCUT2D eigenvalue weighted by molar-refractivity contribution is 0.0824. The number of rotatable bonds is 6. The summed E-state index contributed by atoms with van der Waals surface area (Å²) in [7, 11) is 4.57. The summed E-state index contributed by atoms with van der Waals surface area (Å²) in [5.74, 6) is 0.0239. The lowest BCUT2D eigenvalue weighted by atomic mass is 10.1. The molecule has 0 heterocycles. The van der Waals surface area contributed by atoms with Crippen molar-refractivity contribution in [3.63, 3.8) is 0 Å². The number of carbonyl (C=O) groups is 1. The lowest BCUT2D eigenvalue weighted by Crippen LogP contribution is -2.23. The predicted molar refractivity (Wildman–Crippen MR) is 112 cm³/mol.